The van der Waals surface area contributed by atoms with E-state index >= 15 is 0 Å². The molecule has 0 unspecified atom stereocenters. The van der Waals surface area contributed by atoms with Crippen LogP contribution in [0.2, 0.25) is 0 Å². The highest BCUT2D eigenvalue weighted by Crippen LogP contribution is 2.23. The van der Waals surface area contributed by atoms with E-state index in [0.717, 1.165) is 21.8 Å². The quantitative estimate of drug-likeness (QED) is 0.423. The lowest BCUT2D eigenvalue weighted by atomic mass is 10.1. The number of rotatable bonds is 9. The van der Waals surface area contributed by atoms with Gasteiger partial charge in [-0.15, -0.1) is 0 Å². The van der Waals surface area contributed by atoms with E-state index in [1.807, 2.05) is 30.3 Å². The number of aliphatic hydroxyl groups excluding tert-OH is 1. The second-order valence-electron chi connectivity index (χ2n) is 6.14. The molecule has 8 nitrogen and oxygen atoms in total. The van der Waals surface area contributed by atoms with Crippen molar-refractivity contribution in [3.05, 3.63) is 66.5 Å². The fraction of sp³-hybridized carbons (Fsp3) is 0.238. The van der Waals surface area contributed by atoms with Crippen LogP contribution in [0.4, 0.5) is 10.5 Å². The van der Waals surface area contributed by atoms with E-state index in [1.54, 1.807) is 37.7 Å². The number of aliphatic hydroxyl groups is 1. The summed E-state index contributed by atoms with van der Waals surface area (Å²) >= 11 is 0. The number of nitrogens with one attached hydrogen (secondary N) is 1. The van der Waals surface area contributed by atoms with Crippen LogP contribution in [0.5, 0.6) is 5.75 Å². The highest BCUT2D eigenvalue weighted by atomic mass is 16.7. The zero-order chi connectivity index (χ0) is 20.5. The molecule has 1 aromatic heterocycles. The highest BCUT2D eigenvalue weighted by molar-refractivity contribution is 5.85. The Balaban J connectivity index is 1.70. The number of carbonyl (C=O) groups excluding carboxylic acids is 1. The molecule has 29 heavy (non-hydrogen) atoms. The number of hydroxylamine groups is 1. The van der Waals surface area contributed by atoms with Gasteiger partial charge in [0, 0.05) is 18.4 Å². The van der Waals surface area contributed by atoms with Crippen molar-refractivity contribution in [3.63, 3.8) is 0 Å². The molecule has 0 radical (unpaired) electrons. The molecule has 0 aliphatic carbocycles. The molecule has 1 heterocycles. The van der Waals surface area contributed by atoms with Crippen LogP contribution in [0.25, 0.3) is 11.1 Å². The molecule has 3 rings (SSSR count). The maximum absolute atomic E-state index is 12.6. The van der Waals surface area contributed by atoms with Crippen LogP contribution < -0.4 is 9.80 Å². The molecule has 0 saturated carbocycles. The van der Waals surface area contributed by atoms with Crippen LogP contribution in [-0.2, 0) is 16.2 Å². The third-order valence-corrected chi connectivity index (χ3v) is 4.12. The lowest BCUT2D eigenvalue weighted by molar-refractivity contribution is 0.0648. The van der Waals surface area contributed by atoms with Crippen LogP contribution in [0.3, 0.4) is 0 Å². The molecule has 0 bridgehead atoms. The van der Waals surface area contributed by atoms with Crippen molar-refractivity contribution < 1.29 is 24.2 Å². The van der Waals surface area contributed by atoms with Gasteiger partial charge in [-0.3, -0.25) is 9.94 Å². The fourth-order valence-electron chi connectivity index (χ4n) is 2.62. The molecule has 0 aliphatic heterocycles. The predicted octanol–water partition coefficient (Wildman–Crippen LogP) is 3.54. The van der Waals surface area contributed by atoms with E-state index in [2.05, 4.69) is 10.2 Å². The Morgan fingerprint density at radius 2 is 2.00 bits per heavy atom. The normalized spacial score (nSPS) is 10.6. The SMILES string of the molecule is COc1cccc(COC(=O)N(OCCCO)c2ccc(-c3cn[nH]c3)cc2)c1. The minimum Gasteiger partial charge on any atom is -0.497 e. The first-order chi connectivity index (χ1) is 14.2. The van der Waals surface area contributed by atoms with Crippen molar-refractivity contribution in [2.45, 2.75) is 13.0 Å². The largest absolute Gasteiger partial charge is 0.497 e. The molecule has 0 atom stereocenters. The van der Waals surface area contributed by atoms with Gasteiger partial charge < -0.3 is 14.6 Å². The summed E-state index contributed by atoms with van der Waals surface area (Å²) in [5.74, 6) is 0.685. The smallest absolute Gasteiger partial charge is 0.439 e. The number of benzene rings is 2. The third-order valence-electron chi connectivity index (χ3n) is 4.12. The summed E-state index contributed by atoms with van der Waals surface area (Å²) in [6, 6.07) is 14.5. The van der Waals surface area contributed by atoms with E-state index in [1.165, 1.54) is 0 Å². The molecule has 2 N–H and O–H groups in total. The van der Waals surface area contributed by atoms with Gasteiger partial charge in [-0.1, -0.05) is 24.3 Å². The second-order valence-corrected chi connectivity index (χ2v) is 6.14. The summed E-state index contributed by atoms with van der Waals surface area (Å²) in [7, 11) is 1.58. The number of anilines is 1. The number of hydrogen-bond acceptors (Lipinski definition) is 6. The topological polar surface area (TPSA) is 96.9 Å². The maximum Gasteiger partial charge on any atom is 0.439 e. The van der Waals surface area contributed by atoms with Gasteiger partial charge in [0.05, 0.1) is 25.6 Å². The average molecular weight is 397 g/mol. The van der Waals surface area contributed by atoms with Gasteiger partial charge in [0.15, 0.2) is 0 Å². The van der Waals surface area contributed by atoms with Gasteiger partial charge in [-0.2, -0.15) is 10.2 Å². The summed E-state index contributed by atoms with van der Waals surface area (Å²) < 4.78 is 10.6. The molecule has 1 amide bonds. The summed E-state index contributed by atoms with van der Waals surface area (Å²) in [5, 5.41) is 16.8. The molecule has 0 saturated heterocycles. The van der Waals surface area contributed by atoms with Crippen molar-refractivity contribution in [1.29, 1.82) is 0 Å². The minimum atomic E-state index is -0.651. The number of methoxy groups -OCH3 is 1. The Labute approximate surface area is 168 Å². The lowest BCUT2D eigenvalue weighted by Gasteiger charge is -2.21. The monoisotopic (exact) mass is 397 g/mol. The number of aromatic nitrogens is 2. The van der Waals surface area contributed by atoms with Crippen LogP contribution in [-0.4, -0.2) is 41.7 Å². The molecule has 0 fully saturated rings. The van der Waals surface area contributed by atoms with E-state index in [-0.39, 0.29) is 19.8 Å². The Hall–Kier alpha value is -3.36. The highest BCUT2D eigenvalue weighted by Gasteiger charge is 2.19. The van der Waals surface area contributed by atoms with Crippen molar-refractivity contribution in [2.24, 2.45) is 0 Å². The molecule has 2 aromatic carbocycles. The molecular formula is C21H23N3O5. The van der Waals surface area contributed by atoms with Crippen molar-refractivity contribution in [3.8, 4) is 16.9 Å². The summed E-state index contributed by atoms with van der Waals surface area (Å²) in [4.78, 5) is 18.2. The molecule has 152 valence electrons. The zero-order valence-electron chi connectivity index (χ0n) is 16.1. The van der Waals surface area contributed by atoms with Crippen molar-refractivity contribution in [2.75, 3.05) is 25.4 Å². The Morgan fingerprint density at radius 3 is 2.69 bits per heavy atom. The second kappa shape index (κ2) is 10.3. The first kappa shape index (κ1) is 20.4. The van der Waals surface area contributed by atoms with Gasteiger partial charge in [0.1, 0.15) is 12.4 Å². The number of aromatic amines is 1. The van der Waals surface area contributed by atoms with Gasteiger partial charge in [0.2, 0.25) is 0 Å². The number of nitrogens with zero attached hydrogens (tertiary/aromatic N) is 2. The van der Waals surface area contributed by atoms with Crippen LogP contribution in [0, 0.1) is 0 Å². The predicted molar refractivity (Wildman–Crippen MR) is 107 cm³/mol. The Bertz CT molecular complexity index is 897. The maximum atomic E-state index is 12.6. The summed E-state index contributed by atoms with van der Waals surface area (Å²) in [6.45, 7) is 0.212. The van der Waals surface area contributed by atoms with Crippen LogP contribution >= 0.6 is 0 Å². The number of ether oxygens (including phenoxy) is 2. The first-order valence-electron chi connectivity index (χ1n) is 9.14. The number of H-pyrrole nitrogens is 1. The van der Waals surface area contributed by atoms with Gasteiger partial charge in [-0.05, 0) is 41.8 Å². The molecule has 0 spiro atoms. The van der Waals surface area contributed by atoms with E-state index in [9.17, 15) is 4.79 Å². The van der Waals surface area contributed by atoms with Gasteiger partial charge in [0.25, 0.3) is 0 Å². The molecule has 8 heteroatoms. The average Bonchev–Trinajstić information content (AvgIpc) is 3.30. The molecular weight excluding hydrogens is 374 g/mol. The van der Waals surface area contributed by atoms with Crippen molar-refractivity contribution >= 4 is 11.8 Å². The minimum absolute atomic E-state index is 0.0356. The fourth-order valence-corrected chi connectivity index (χ4v) is 2.62. The summed E-state index contributed by atoms with van der Waals surface area (Å²) in [5.41, 5.74) is 3.20. The Kier molecular flexibility index (Phi) is 7.21. The van der Waals surface area contributed by atoms with Crippen LogP contribution in [0.1, 0.15) is 12.0 Å². The van der Waals surface area contributed by atoms with Crippen molar-refractivity contribution in [1.82, 2.24) is 10.2 Å². The van der Waals surface area contributed by atoms with Gasteiger partial charge >= 0.3 is 6.09 Å². The molecule has 0 aliphatic rings. The van der Waals surface area contributed by atoms with E-state index < -0.39 is 6.09 Å². The zero-order valence-corrected chi connectivity index (χ0v) is 16.1. The van der Waals surface area contributed by atoms with Gasteiger partial charge in [-0.25, -0.2) is 4.79 Å². The first-order valence-corrected chi connectivity index (χ1v) is 9.14. The lowest BCUT2D eigenvalue weighted by Crippen LogP contribution is -2.32. The van der Waals surface area contributed by atoms with E-state index in [4.69, 9.17) is 19.4 Å². The molecule has 3 aromatic rings. The summed E-state index contributed by atoms with van der Waals surface area (Å²) in [6.07, 6.45) is 3.24. The number of amides is 1. The standard InChI is InChI=1S/C21H23N3O5/c1-27-20-5-2-4-16(12-20)15-28-21(26)24(29-11-3-10-25)19-8-6-17(7-9-19)18-13-22-23-14-18/h2,4-9,12-14,25H,3,10-11,15H2,1H3,(H,22,23). The number of carbonyl (C=O) groups is 1. The van der Waals surface area contributed by atoms with Crippen LogP contribution in [0.15, 0.2) is 60.9 Å². The third kappa shape index (κ3) is 5.56. The number of hydrogen-bond donors (Lipinski definition) is 2. The Morgan fingerprint density at radius 1 is 1.17 bits per heavy atom. The van der Waals surface area contributed by atoms with E-state index in [0.29, 0.717) is 17.9 Å².